The third kappa shape index (κ3) is 1.97. The van der Waals surface area contributed by atoms with Gasteiger partial charge in [-0.1, -0.05) is 32.9 Å². The van der Waals surface area contributed by atoms with Crippen molar-refractivity contribution in [3.8, 4) is 5.75 Å². The highest BCUT2D eigenvalue weighted by Crippen LogP contribution is 2.23. The van der Waals surface area contributed by atoms with Gasteiger partial charge in [0.25, 0.3) is 1.43 Å². The van der Waals surface area contributed by atoms with E-state index in [2.05, 4.69) is 5.11 Å². The summed E-state index contributed by atoms with van der Waals surface area (Å²) >= 11 is 0. The van der Waals surface area contributed by atoms with E-state index in [-0.39, 0.29) is 23.2 Å². The van der Waals surface area contributed by atoms with E-state index in [1.807, 2.05) is 20.8 Å². The third-order valence-corrected chi connectivity index (χ3v) is 1.58. The molecule has 0 fully saturated rings. The highest BCUT2D eigenvalue weighted by atomic mass is 16.3. The van der Waals surface area contributed by atoms with Crippen molar-refractivity contribution in [3.63, 3.8) is 0 Å². The Labute approximate surface area is 72.0 Å². The van der Waals surface area contributed by atoms with Gasteiger partial charge in [0.1, 0.15) is 5.75 Å². The summed E-state index contributed by atoms with van der Waals surface area (Å²) in [6, 6.07) is 3.47. The topological polar surface area (TPSA) is 20.2 Å². The zero-order valence-electron chi connectivity index (χ0n) is 10.1. The average molecular weight is 153 g/mol. The van der Waals surface area contributed by atoms with Crippen molar-refractivity contribution in [1.82, 2.24) is 0 Å². The van der Waals surface area contributed by atoms with E-state index < -0.39 is 0 Å². The Balaban J connectivity index is 3.28. The Morgan fingerprint density at radius 3 is 2.27 bits per heavy atom. The van der Waals surface area contributed by atoms with E-state index in [9.17, 15) is 0 Å². The molecule has 0 unspecified atom stereocenters. The van der Waals surface area contributed by atoms with Crippen LogP contribution in [-0.2, 0) is 5.41 Å². The van der Waals surface area contributed by atoms with Crippen LogP contribution >= 0.6 is 0 Å². The van der Waals surface area contributed by atoms with Gasteiger partial charge in [0.2, 0.25) is 0 Å². The minimum absolute atomic E-state index is 0.0120. The summed E-state index contributed by atoms with van der Waals surface area (Å²) in [6.45, 7) is 6.05. The second-order valence-corrected chi connectivity index (χ2v) is 3.61. The average Bonchev–Trinajstić information content (AvgIpc) is 2.01. The first-order chi connectivity index (χ1) is 6.36. The highest BCUT2D eigenvalue weighted by molar-refractivity contribution is 5.29. The largest absolute Gasteiger partial charge is 0.508 e. The summed E-state index contributed by atoms with van der Waals surface area (Å²) in [4.78, 5) is 0. The molecule has 1 heteroatoms. The molecule has 0 aliphatic heterocycles. The zero-order chi connectivity index (χ0) is 10.9. The van der Waals surface area contributed by atoms with E-state index in [1.165, 1.54) is 0 Å². The molecule has 0 atom stereocenters. The van der Waals surface area contributed by atoms with E-state index in [4.69, 9.17) is 4.17 Å². The fourth-order valence-corrected chi connectivity index (χ4v) is 0.803. The predicted octanol–water partition coefficient (Wildman–Crippen LogP) is 2.69. The Hall–Kier alpha value is -0.980. The van der Waals surface area contributed by atoms with Crippen molar-refractivity contribution in [1.29, 1.82) is 1.43 Å². The van der Waals surface area contributed by atoms with Gasteiger partial charge in [0, 0.05) is 0 Å². The summed E-state index contributed by atoms with van der Waals surface area (Å²) in [6.07, 6.45) is 0. The van der Waals surface area contributed by atoms with E-state index in [0.717, 1.165) is 5.56 Å². The number of phenolic OH excluding ortho intramolecular Hbond substituents is 1. The Kier molecular flexibility index (Phi) is 1.12. The molecule has 0 aliphatic rings. The second-order valence-electron chi connectivity index (χ2n) is 3.61. The van der Waals surface area contributed by atoms with Crippen molar-refractivity contribution in [3.05, 3.63) is 29.8 Å². The van der Waals surface area contributed by atoms with Crippen LogP contribution in [0.25, 0.3) is 0 Å². The minimum Gasteiger partial charge on any atom is -0.508 e. The molecule has 0 saturated heterocycles. The quantitative estimate of drug-likeness (QED) is 0.657. The smallest absolute Gasteiger partial charge is 0.293 e. The molecule has 0 amide bonds. The second kappa shape index (κ2) is 2.57. The first-order valence-electron chi connectivity index (χ1n) is 5.02. The van der Waals surface area contributed by atoms with Crippen LogP contribution in [0.15, 0.2) is 24.2 Å². The van der Waals surface area contributed by atoms with Gasteiger partial charge >= 0.3 is 0 Å². The molecule has 11 heavy (non-hydrogen) atoms. The fourth-order valence-electron chi connectivity index (χ4n) is 0.803. The van der Waals surface area contributed by atoms with Crippen LogP contribution in [-0.4, -0.2) is 6.54 Å². The fraction of sp³-hybridized carbons (Fsp3) is 0.400. The molecule has 0 spiro atoms. The van der Waals surface area contributed by atoms with Crippen LogP contribution in [0, 0.1) is 0 Å². The Morgan fingerprint density at radius 1 is 1.36 bits per heavy atom. The molecule has 0 saturated carbocycles. The van der Waals surface area contributed by atoms with Gasteiger partial charge < -0.3 is 5.11 Å². The van der Waals surface area contributed by atoms with Crippen molar-refractivity contribution in [2.24, 2.45) is 0 Å². The van der Waals surface area contributed by atoms with Gasteiger partial charge in [-0.2, -0.15) is 0 Å². The SMILES string of the molecule is [2H]Oc1c([2H])cc(C(C)(C)C)cc1[2H]. The predicted molar refractivity (Wildman–Crippen MR) is 46.8 cm³/mol. The molecular weight excluding hydrogens is 136 g/mol. The lowest BCUT2D eigenvalue weighted by Crippen LogP contribution is -2.10. The van der Waals surface area contributed by atoms with Crippen LogP contribution in [0.1, 0.15) is 29.1 Å². The van der Waals surface area contributed by atoms with Gasteiger partial charge in [0.05, 0.1) is 2.74 Å². The first-order valence-corrected chi connectivity index (χ1v) is 3.61. The standard InChI is InChI=1S/C10H14O/c1-10(2,3)8-4-6-9(11)7-5-8/h4-7,11H,1-3H3/i6D,7D/hD. The Morgan fingerprint density at radius 2 is 1.91 bits per heavy atom. The van der Waals surface area contributed by atoms with E-state index >= 15 is 0 Å². The first kappa shape index (κ1) is 4.81. The Bertz CT molecular complexity index is 319. The molecule has 60 valence electrons. The van der Waals surface area contributed by atoms with Crippen molar-refractivity contribution < 1.29 is 7.85 Å². The number of benzene rings is 1. The summed E-state index contributed by atoms with van der Waals surface area (Å²) in [5, 5.41) is 4.22. The molecule has 0 aliphatic carbocycles. The van der Waals surface area contributed by atoms with Gasteiger partial charge in [-0.05, 0) is 23.1 Å². The van der Waals surface area contributed by atoms with Crippen molar-refractivity contribution in [2.75, 3.05) is 0 Å². The molecule has 0 heterocycles. The number of hydrogen-bond acceptors (Lipinski definition) is 1. The number of phenols is 1. The van der Waals surface area contributed by atoms with Gasteiger partial charge in [-0.25, -0.2) is 0 Å². The normalized spacial score (nSPS) is 15.0. The monoisotopic (exact) mass is 153 g/mol. The van der Waals surface area contributed by atoms with Crippen molar-refractivity contribution in [2.45, 2.75) is 26.2 Å². The molecule has 0 aromatic heterocycles. The van der Waals surface area contributed by atoms with Crippen LogP contribution < -0.4 is 0 Å². The lowest BCUT2D eigenvalue weighted by atomic mass is 9.87. The van der Waals surface area contributed by atoms with Crippen LogP contribution in [0.4, 0.5) is 0 Å². The van der Waals surface area contributed by atoms with E-state index in [0.29, 0.717) is 0 Å². The summed E-state index contributed by atoms with van der Waals surface area (Å²) in [5.41, 5.74) is 0.819. The molecular formula is C10H14O. The van der Waals surface area contributed by atoms with Crippen molar-refractivity contribution >= 4 is 0 Å². The summed E-state index contributed by atoms with van der Waals surface area (Å²) < 4.78 is 21.8. The van der Waals surface area contributed by atoms with Crippen LogP contribution in [0.2, 0.25) is 0 Å². The lowest BCUT2D eigenvalue weighted by Gasteiger charge is -2.18. The van der Waals surface area contributed by atoms with Gasteiger partial charge in [0.15, 0.2) is 0 Å². The maximum atomic E-state index is 7.57. The van der Waals surface area contributed by atoms with Crippen LogP contribution in [0.3, 0.4) is 0 Å². The maximum absolute atomic E-state index is 7.57. The molecule has 0 radical (unpaired) electrons. The maximum Gasteiger partial charge on any atom is 0.293 e. The highest BCUT2D eigenvalue weighted by Gasteiger charge is 2.12. The molecule has 1 nitrogen and oxygen atoms in total. The zero-order valence-corrected chi connectivity index (χ0v) is 7.06. The third-order valence-electron chi connectivity index (χ3n) is 1.58. The van der Waals surface area contributed by atoms with Gasteiger partial charge in [-0.15, -0.1) is 0 Å². The summed E-state index contributed by atoms with van der Waals surface area (Å²) in [7, 11) is 0. The molecule has 1 rings (SSSR count). The number of aromatic hydroxyl groups is 1. The number of rotatable bonds is 1. The molecule has 1 aromatic carbocycles. The lowest BCUT2D eigenvalue weighted by molar-refractivity contribution is 0.474. The molecule has 1 aromatic rings. The summed E-state index contributed by atoms with van der Waals surface area (Å²) in [5.74, 6) is 0.0120. The number of hydrogen-bond donors (Lipinski definition) is 1. The van der Waals surface area contributed by atoms with Gasteiger partial charge in [-0.3, -0.25) is 0 Å². The van der Waals surface area contributed by atoms with Crippen LogP contribution in [0.5, 0.6) is 5.75 Å². The molecule has 1 N–H and O–H groups in total. The minimum atomic E-state index is -0.0911. The molecule has 0 bridgehead atoms. The van der Waals surface area contributed by atoms with E-state index in [1.54, 1.807) is 12.1 Å².